The highest BCUT2D eigenvalue weighted by atomic mass is 35.5. The molecule has 11 heteroatoms. The topological polar surface area (TPSA) is 114 Å². The first-order chi connectivity index (χ1) is 13.3. The van der Waals surface area contributed by atoms with Crippen LogP contribution in [-0.2, 0) is 23.1 Å². The predicted molar refractivity (Wildman–Crippen MR) is 106 cm³/mol. The molecule has 0 aliphatic rings. The van der Waals surface area contributed by atoms with Crippen molar-refractivity contribution in [2.75, 3.05) is 0 Å². The largest absolute Gasteiger partial charge is 0.346 e. The van der Waals surface area contributed by atoms with Crippen molar-refractivity contribution in [3.63, 3.8) is 0 Å². The van der Waals surface area contributed by atoms with Gasteiger partial charge in [0.25, 0.3) is 5.91 Å². The lowest BCUT2D eigenvalue weighted by molar-refractivity contribution is 0.0946. The number of nitrogens with zero attached hydrogens (tertiary/aromatic N) is 3. The molecule has 0 saturated carbocycles. The molecule has 1 amide bonds. The molecule has 3 heterocycles. The molecule has 3 rings (SSSR count). The molecule has 3 aromatic heterocycles. The Kier molecular flexibility index (Phi) is 6.35. The molecule has 0 atom stereocenters. The lowest BCUT2D eigenvalue weighted by Gasteiger charge is -2.07. The van der Waals surface area contributed by atoms with Gasteiger partial charge in [-0.15, -0.1) is 11.3 Å². The van der Waals surface area contributed by atoms with Gasteiger partial charge in [0, 0.05) is 30.0 Å². The summed E-state index contributed by atoms with van der Waals surface area (Å²) in [5, 5.41) is 3.91. The lowest BCUT2D eigenvalue weighted by atomic mass is 10.2. The summed E-state index contributed by atoms with van der Waals surface area (Å²) in [7, 11) is -3.72. The number of aromatic nitrogens is 3. The first-order valence-electron chi connectivity index (χ1n) is 8.09. The van der Waals surface area contributed by atoms with E-state index < -0.39 is 10.0 Å². The number of sulfonamides is 1. The quantitative estimate of drug-likeness (QED) is 0.548. The van der Waals surface area contributed by atoms with Gasteiger partial charge in [-0.2, -0.15) is 0 Å². The molecule has 0 aromatic carbocycles. The Morgan fingerprint density at radius 1 is 1.07 bits per heavy atom. The second-order valence-electron chi connectivity index (χ2n) is 5.72. The Morgan fingerprint density at radius 2 is 1.89 bits per heavy atom. The Bertz CT molecular complexity index is 1070. The minimum atomic E-state index is -3.72. The van der Waals surface area contributed by atoms with Gasteiger partial charge >= 0.3 is 0 Å². The van der Waals surface area contributed by atoms with Crippen molar-refractivity contribution in [1.29, 1.82) is 0 Å². The van der Waals surface area contributed by atoms with E-state index in [1.54, 1.807) is 18.3 Å². The first kappa shape index (κ1) is 20.3. The van der Waals surface area contributed by atoms with E-state index in [-0.39, 0.29) is 28.2 Å². The summed E-state index contributed by atoms with van der Waals surface area (Å²) in [5.74, 6) is -0.314. The van der Waals surface area contributed by atoms with E-state index >= 15 is 0 Å². The van der Waals surface area contributed by atoms with E-state index in [9.17, 15) is 13.2 Å². The number of rotatable bonds is 7. The van der Waals surface area contributed by atoms with Gasteiger partial charge < -0.3 is 5.32 Å². The maximum absolute atomic E-state index is 12.2. The Balaban J connectivity index is 1.56. The van der Waals surface area contributed by atoms with Crippen molar-refractivity contribution in [1.82, 2.24) is 25.0 Å². The molecule has 0 aliphatic heterocycles. The molecule has 146 valence electrons. The number of hydrogen-bond donors (Lipinski definition) is 2. The summed E-state index contributed by atoms with van der Waals surface area (Å²) in [4.78, 5) is 25.1. The maximum Gasteiger partial charge on any atom is 0.270 e. The highest BCUT2D eigenvalue weighted by Gasteiger charge is 2.14. The predicted octanol–water partition coefficient (Wildman–Crippen LogP) is 2.30. The molecular formula is C17H16ClN5O3S2. The lowest BCUT2D eigenvalue weighted by Crippen LogP contribution is -2.25. The van der Waals surface area contributed by atoms with Crippen LogP contribution in [0.3, 0.4) is 0 Å². The van der Waals surface area contributed by atoms with Gasteiger partial charge in [0.1, 0.15) is 15.7 Å². The molecule has 0 aliphatic carbocycles. The second-order valence-corrected chi connectivity index (χ2v) is 9.19. The number of carbonyl (C=O) groups is 1. The van der Waals surface area contributed by atoms with E-state index in [0.29, 0.717) is 12.1 Å². The zero-order chi connectivity index (χ0) is 20.1. The van der Waals surface area contributed by atoms with Crippen molar-refractivity contribution >= 4 is 38.9 Å². The van der Waals surface area contributed by atoms with Crippen LogP contribution in [0.25, 0.3) is 0 Å². The third-order valence-corrected chi connectivity index (χ3v) is 6.15. The van der Waals surface area contributed by atoms with E-state index in [2.05, 4.69) is 25.0 Å². The third-order valence-electron chi connectivity index (χ3n) is 3.63. The number of amides is 1. The number of carbonyl (C=O) groups excluding carboxylic acids is 1. The molecule has 0 saturated heterocycles. The normalized spacial score (nSPS) is 11.4. The number of pyridine rings is 2. The molecule has 8 nitrogen and oxygen atoms in total. The molecule has 28 heavy (non-hydrogen) atoms. The van der Waals surface area contributed by atoms with Gasteiger partial charge in [-0.3, -0.25) is 9.78 Å². The van der Waals surface area contributed by atoms with Crippen molar-refractivity contribution in [2.24, 2.45) is 0 Å². The minimum Gasteiger partial charge on any atom is -0.346 e. The number of halogens is 1. The Morgan fingerprint density at radius 3 is 2.50 bits per heavy atom. The first-order valence-corrected chi connectivity index (χ1v) is 10.8. The third kappa shape index (κ3) is 5.32. The highest BCUT2D eigenvalue weighted by molar-refractivity contribution is 7.89. The van der Waals surface area contributed by atoms with Crippen molar-refractivity contribution in [2.45, 2.75) is 24.9 Å². The zero-order valence-electron chi connectivity index (χ0n) is 14.7. The van der Waals surface area contributed by atoms with Gasteiger partial charge in [-0.05, 0) is 30.7 Å². The van der Waals surface area contributed by atoms with Crippen LogP contribution in [0.1, 0.15) is 25.9 Å². The van der Waals surface area contributed by atoms with Crippen molar-refractivity contribution in [3.8, 4) is 0 Å². The molecule has 0 unspecified atom stereocenters. The van der Waals surface area contributed by atoms with Crippen LogP contribution >= 0.6 is 22.9 Å². The average Bonchev–Trinajstić information content (AvgIpc) is 3.10. The van der Waals surface area contributed by atoms with Crippen LogP contribution in [0.4, 0.5) is 0 Å². The van der Waals surface area contributed by atoms with E-state index in [1.165, 1.54) is 35.9 Å². The smallest absolute Gasteiger partial charge is 0.270 e. The summed E-state index contributed by atoms with van der Waals surface area (Å²) in [6.45, 7) is 2.30. The zero-order valence-corrected chi connectivity index (χ0v) is 17.1. The molecule has 2 N–H and O–H groups in total. The van der Waals surface area contributed by atoms with E-state index in [4.69, 9.17) is 11.6 Å². The van der Waals surface area contributed by atoms with Crippen LogP contribution in [0.15, 0.2) is 47.8 Å². The van der Waals surface area contributed by atoms with E-state index in [0.717, 1.165) is 9.88 Å². The monoisotopic (exact) mass is 437 g/mol. The van der Waals surface area contributed by atoms with Gasteiger partial charge in [0.2, 0.25) is 10.0 Å². The van der Waals surface area contributed by atoms with Gasteiger partial charge in [-0.25, -0.2) is 23.1 Å². The summed E-state index contributed by atoms with van der Waals surface area (Å²) < 4.78 is 26.9. The summed E-state index contributed by atoms with van der Waals surface area (Å²) in [5.41, 5.74) is 0.856. The Hall–Kier alpha value is -2.40. The van der Waals surface area contributed by atoms with Crippen LogP contribution in [0.2, 0.25) is 5.15 Å². The van der Waals surface area contributed by atoms with Crippen LogP contribution in [0.5, 0.6) is 0 Å². The van der Waals surface area contributed by atoms with Crippen LogP contribution in [-0.4, -0.2) is 29.3 Å². The molecule has 0 bridgehead atoms. The molecular weight excluding hydrogens is 422 g/mol. The maximum atomic E-state index is 12.2. The van der Waals surface area contributed by atoms with Gasteiger partial charge in [0.05, 0.1) is 11.6 Å². The fourth-order valence-corrected chi connectivity index (χ4v) is 4.00. The number of aryl methyl sites for hydroxylation is 1. The fourth-order valence-electron chi connectivity index (χ4n) is 2.19. The SMILES string of the molecule is Cc1ncc(CNC(=O)c2ccc(CNS(=O)(=O)c3ccc(Cl)nc3)cn2)s1. The number of nitrogens with one attached hydrogen (secondary N) is 2. The summed E-state index contributed by atoms with van der Waals surface area (Å²) >= 11 is 7.18. The van der Waals surface area contributed by atoms with Gasteiger partial charge in [-0.1, -0.05) is 17.7 Å². The highest BCUT2D eigenvalue weighted by Crippen LogP contribution is 2.12. The Labute approximate surface area is 171 Å². The van der Waals surface area contributed by atoms with Crippen molar-refractivity contribution < 1.29 is 13.2 Å². The molecule has 0 radical (unpaired) electrons. The van der Waals surface area contributed by atoms with E-state index in [1.807, 2.05) is 6.92 Å². The number of thiazole rings is 1. The molecule has 0 fully saturated rings. The standard InChI is InChI=1S/C17H16ClN5O3S2/c1-11-19-8-13(27-11)9-22-17(24)15-4-2-12(6-20-15)7-23-28(25,26)14-3-5-16(18)21-10-14/h2-6,8,10,23H,7,9H2,1H3,(H,22,24). The summed E-state index contributed by atoms with van der Waals surface area (Å²) in [6.07, 6.45) is 4.36. The molecule has 0 spiro atoms. The summed E-state index contributed by atoms with van der Waals surface area (Å²) in [6, 6.07) is 5.95. The minimum absolute atomic E-state index is 0.0131. The second kappa shape index (κ2) is 8.74. The van der Waals surface area contributed by atoms with Crippen LogP contribution < -0.4 is 10.0 Å². The average molecular weight is 438 g/mol. The van der Waals surface area contributed by atoms with Crippen LogP contribution in [0, 0.1) is 6.92 Å². The number of hydrogen-bond acceptors (Lipinski definition) is 7. The molecule has 3 aromatic rings. The fraction of sp³-hybridized carbons (Fsp3) is 0.176. The van der Waals surface area contributed by atoms with Gasteiger partial charge in [0.15, 0.2) is 0 Å². The van der Waals surface area contributed by atoms with Crippen molar-refractivity contribution in [3.05, 3.63) is 69.2 Å².